The van der Waals surface area contributed by atoms with Gasteiger partial charge in [0.15, 0.2) is 0 Å². The van der Waals surface area contributed by atoms with E-state index in [0.717, 1.165) is 0 Å². The Balaban J connectivity index is 2.61. The molecule has 0 aromatic heterocycles. The van der Waals surface area contributed by atoms with Crippen molar-refractivity contribution in [1.29, 1.82) is 0 Å². The van der Waals surface area contributed by atoms with Crippen LogP contribution in [-0.2, 0) is 14.3 Å². The van der Waals surface area contributed by atoms with Crippen molar-refractivity contribution in [3.05, 3.63) is 0 Å². The van der Waals surface area contributed by atoms with Crippen molar-refractivity contribution in [2.45, 2.75) is 25.8 Å². The number of carbonyl (C=O) groups excluding carboxylic acids is 3. The fraction of sp³-hybridized carbons (Fsp3) is 0.727. The number of nitrogens with zero attached hydrogens (tertiary/aromatic N) is 1. The largest absolute Gasteiger partial charge is 0.383 e. The van der Waals surface area contributed by atoms with Gasteiger partial charge in [0, 0.05) is 13.7 Å². The Hall–Kier alpha value is -1.63. The summed E-state index contributed by atoms with van der Waals surface area (Å²) in [6.45, 7) is 4.10. The molecule has 1 heterocycles. The second kappa shape index (κ2) is 5.81. The molecular formula is C11H19N3O4. The molecule has 2 N–H and O–H groups in total. The Labute approximate surface area is 106 Å². The van der Waals surface area contributed by atoms with Crippen LogP contribution in [0.2, 0.25) is 0 Å². The number of imide groups is 1. The number of nitrogens with one attached hydrogen (secondary N) is 2. The first kappa shape index (κ1) is 14.4. The predicted molar refractivity (Wildman–Crippen MR) is 63.8 cm³/mol. The minimum Gasteiger partial charge on any atom is -0.383 e. The lowest BCUT2D eigenvalue weighted by Gasteiger charge is -2.30. The summed E-state index contributed by atoms with van der Waals surface area (Å²) in [5.74, 6) is -0.670. The highest BCUT2D eigenvalue weighted by Crippen LogP contribution is 2.24. The fourth-order valence-corrected chi connectivity index (χ4v) is 1.74. The number of hydrogen-bond donors (Lipinski definition) is 2. The molecule has 0 bridgehead atoms. The van der Waals surface area contributed by atoms with Gasteiger partial charge < -0.3 is 15.0 Å². The van der Waals surface area contributed by atoms with Crippen LogP contribution in [0.15, 0.2) is 0 Å². The third-order valence-corrected chi connectivity index (χ3v) is 3.17. The maximum absolute atomic E-state index is 11.7. The molecule has 0 spiro atoms. The van der Waals surface area contributed by atoms with Crippen LogP contribution < -0.4 is 10.6 Å². The highest BCUT2D eigenvalue weighted by molar-refractivity contribution is 6.07. The number of urea groups is 1. The maximum Gasteiger partial charge on any atom is 0.325 e. The number of amides is 4. The first-order chi connectivity index (χ1) is 8.45. The summed E-state index contributed by atoms with van der Waals surface area (Å²) >= 11 is 0. The van der Waals surface area contributed by atoms with E-state index < -0.39 is 11.6 Å². The molecule has 0 saturated carbocycles. The SMILES string of the molecule is CCC1(C)C(=O)NC(=O)N1CC(=O)NCCOC. The Morgan fingerprint density at radius 1 is 1.50 bits per heavy atom. The molecule has 1 aliphatic rings. The third-order valence-electron chi connectivity index (χ3n) is 3.17. The standard InChI is InChI=1S/C11H19N3O4/c1-4-11(2)9(16)13-10(17)14(11)7-8(15)12-5-6-18-3/h4-7H2,1-3H3,(H,12,15)(H,13,16,17). The minimum atomic E-state index is -0.949. The number of ether oxygens (including phenoxy) is 1. The number of rotatable bonds is 6. The molecule has 1 rings (SSSR count). The van der Waals surface area contributed by atoms with Crippen LogP contribution >= 0.6 is 0 Å². The van der Waals surface area contributed by atoms with Crippen LogP contribution in [0.4, 0.5) is 4.79 Å². The summed E-state index contributed by atoms with van der Waals surface area (Å²) in [5.41, 5.74) is -0.949. The van der Waals surface area contributed by atoms with Crippen LogP contribution in [0.1, 0.15) is 20.3 Å². The van der Waals surface area contributed by atoms with Gasteiger partial charge in [0.2, 0.25) is 5.91 Å². The van der Waals surface area contributed by atoms with E-state index in [1.54, 1.807) is 13.8 Å². The number of methoxy groups -OCH3 is 1. The monoisotopic (exact) mass is 257 g/mol. The van der Waals surface area contributed by atoms with Crippen LogP contribution in [0.5, 0.6) is 0 Å². The zero-order valence-electron chi connectivity index (χ0n) is 10.9. The molecule has 0 aromatic carbocycles. The average molecular weight is 257 g/mol. The van der Waals surface area contributed by atoms with Gasteiger partial charge in [0.05, 0.1) is 6.61 Å². The van der Waals surface area contributed by atoms with Crippen LogP contribution in [-0.4, -0.2) is 55.1 Å². The van der Waals surface area contributed by atoms with Gasteiger partial charge in [-0.15, -0.1) is 0 Å². The molecule has 0 aliphatic carbocycles. The number of hydrogen-bond acceptors (Lipinski definition) is 4. The van der Waals surface area contributed by atoms with Crippen LogP contribution in [0.3, 0.4) is 0 Å². The zero-order valence-corrected chi connectivity index (χ0v) is 10.9. The van der Waals surface area contributed by atoms with Crippen molar-refractivity contribution < 1.29 is 19.1 Å². The third kappa shape index (κ3) is 2.79. The Morgan fingerprint density at radius 3 is 2.72 bits per heavy atom. The lowest BCUT2D eigenvalue weighted by Crippen LogP contribution is -2.50. The molecule has 7 nitrogen and oxygen atoms in total. The van der Waals surface area contributed by atoms with Crippen molar-refractivity contribution in [1.82, 2.24) is 15.5 Å². The van der Waals surface area contributed by atoms with Gasteiger partial charge in [-0.05, 0) is 13.3 Å². The second-order valence-electron chi connectivity index (χ2n) is 4.32. The molecule has 7 heteroatoms. The van der Waals surface area contributed by atoms with E-state index >= 15 is 0 Å². The quantitative estimate of drug-likeness (QED) is 0.494. The van der Waals surface area contributed by atoms with Crippen molar-refractivity contribution in [3.8, 4) is 0 Å². The van der Waals surface area contributed by atoms with Gasteiger partial charge in [0.25, 0.3) is 5.91 Å². The maximum atomic E-state index is 11.7. The first-order valence-corrected chi connectivity index (χ1v) is 5.84. The summed E-state index contributed by atoms with van der Waals surface area (Å²) < 4.78 is 4.80. The van der Waals surface area contributed by atoms with Crippen molar-refractivity contribution >= 4 is 17.8 Å². The van der Waals surface area contributed by atoms with Gasteiger partial charge in [-0.2, -0.15) is 0 Å². The molecule has 0 radical (unpaired) electrons. The van der Waals surface area contributed by atoms with E-state index in [2.05, 4.69) is 10.6 Å². The molecule has 0 aromatic rings. The van der Waals surface area contributed by atoms with Gasteiger partial charge in [-0.25, -0.2) is 4.79 Å². The van der Waals surface area contributed by atoms with Crippen molar-refractivity contribution in [2.75, 3.05) is 26.8 Å². The predicted octanol–water partition coefficient (Wildman–Crippen LogP) is -0.530. The van der Waals surface area contributed by atoms with E-state index in [1.165, 1.54) is 12.0 Å². The average Bonchev–Trinajstić information content (AvgIpc) is 2.54. The number of carbonyl (C=O) groups is 3. The van der Waals surface area contributed by atoms with E-state index in [0.29, 0.717) is 19.6 Å². The second-order valence-corrected chi connectivity index (χ2v) is 4.32. The molecular weight excluding hydrogens is 238 g/mol. The molecule has 102 valence electrons. The summed E-state index contributed by atoms with van der Waals surface area (Å²) in [7, 11) is 1.53. The molecule has 1 unspecified atom stereocenters. The van der Waals surface area contributed by atoms with Crippen LogP contribution in [0.25, 0.3) is 0 Å². The lowest BCUT2D eigenvalue weighted by atomic mass is 9.97. The topological polar surface area (TPSA) is 87.7 Å². The molecule has 1 aliphatic heterocycles. The van der Waals surface area contributed by atoms with E-state index in [-0.39, 0.29) is 18.4 Å². The summed E-state index contributed by atoms with van der Waals surface area (Å²) in [6.07, 6.45) is 0.454. The Morgan fingerprint density at radius 2 is 2.17 bits per heavy atom. The first-order valence-electron chi connectivity index (χ1n) is 5.84. The van der Waals surface area contributed by atoms with Gasteiger partial charge in [-0.3, -0.25) is 14.9 Å². The minimum absolute atomic E-state index is 0.133. The van der Waals surface area contributed by atoms with Gasteiger partial charge in [-0.1, -0.05) is 6.92 Å². The van der Waals surface area contributed by atoms with E-state index in [1.807, 2.05) is 0 Å². The van der Waals surface area contributed by atoms with Crippen LogP contribution in [0, 0.1) is 0 Å². The highest BCUT2D eigenvalue weighted by atomic mass is 16.5. The molecule has 1 saturated heterocycles. The molecule has 18 heavy (non-hydrogen) atoms. The van der Waals surface area contributed by atoms with Crippen molar-refractivity contribution in [3.63, 3.8) is 0 Å². The smallest absolute Gasteiger partial charge is 0.325 e. The van der Waals surface area contributed by atoms with E-state index in [4.69, 9.17) is 4.74 Å². The van der Waals surface area contributed by atoms with E-state index in [9.17, 15) is 14.4 Å². The molecule has 1 fully saturated rings. The molecule has 1 atom stereocenters. The zero-order chi connectivity index (χ0) is 13.8. The fourth-order valence-electron chi connectivity index (χ4n) is 1.74. The normalized spacial score (nSPS) is 23.2. The lowest BCUT2D eigenvalue weighted by molar-refractivity contribution is -0.128. The highest BCUT2D eigenvalue weighted by Gasteiger charge is 2.48. The molecule has 4 amide bonds. The Kier molecular flexibility index (Phi) is 4.66. The summed E-state index contributed by atoms with van der Waals surface area (Å²) in [5, 5.41) is 4.84. The Bertz CT molecular complexity index is 358. The van der Waals surface area contributed by atoms with Gasteiger partial charge >= 0.3 is 6.03 Å². The summed E-state index contributed by atoms with van der Waals surface area (Å²) in [4.78, 5) is 36.2. The van der Waals surface area contributed by atoms with Gasteiger partial charge in [0.1, 0.15) is 12.1 Å². The summed E-state index contributed by atoms with van der Waals surface area (Å²) in [6, 6.07) is -0.522. The van der Waals surface area contributed by atoms with Crippen molar-refractivity contribution in [2.24, 2.45) is 0 Å².